The first kappa shape index (κ1) is 13.8. The Labute approximate surface area is 104 Å². The van der Waals surface area contributed by atoms with Crippen molar-refractivity contribution in [2.75, 3.05) is 0 Å². The molecule has 0 aliphatic heterocycles. The molecule has 1 nitrogen and oxygen atoms in total. The average molecular weight is 243 g/mol. The molecule has 0 N–H and O–H groups in total. The highest BCUT2D eigenvalue weighted by molar-refractivity contribution is 6.30. The van der Waals surface area contributed by atoms with E-state index in [1.807, 2.05) is 6.92 Å². The summed E-state index contributed by atoms with van der Waals surface area (Å²) in [5.41, 5.74) is 1.12. The van der Waals surface area contributed by atoms with Gasteiger partial charge in [0.15, 0.2) is 0 Å². The number of aldehydes is 1. The van der Waals surface area contributed by atoms with E-state index in [1.165, 1.54) is 19.3 Å². The minimum Gasteiger partial charge on any atom is -0.298 e. The van der Waals surface area contributed by atoms with E-state index in [2.05, 4.69) is 20.8 Å². The molecule has 2 heteroatoms. The first-order valence-electron chi connectivity index (χ1n) is 6.19. The van der Waals surface area contributed by atoms with Crippen molar-refractivity contribution >= 4 is 17.9 Å². The zero-order valence-corrected chi connectivity index (χ0v) is 11.6. The highest BCUT2D eigenvalue weighted by Gasteiger charge is 2.37. The fraction of sp³-hybridized carbons (Fsp3) is 0.786. The van der Waals surface area contributed by atoms with Crippen molar-refractivity contribution in [1.29, 1.82) is 0 Å². The number of halogens is 1. The largest absolute Gasteiger partial charge is 0.298 e. The van der Waals surface area contributed by atoms with Gasteiger partial charge in [0.05, 0.1) is 0 Å². The minimum absolute atomic E-state index is 0.332. The summed E-state index contributed by atoms with van der Waals surface area (Å²) in [6.45, 7) is 8.75. The number of allylic oxidation sites excluding steroid dienone is 2. The molecule has 92 valence electrons. The molecule has 0 spiro atoms. The van der Waals surface area contributed by atoms with E-state index in [-0.39, 0.29) is 0 Å². The summed E-state index contributed by atoms with van der Waals surface area (Å²) in [5, 5.41) is 0.656. The summed E-state index contributed by atoms with van der Waals surface area (Å²) in [6, 6.07) is 0. The van der Waals surface area contributed by atoms with E-state index < -0.39 is 0 Å². The van der Waals surface area contributed by atoms with Gasteiger partial charge < -0.3 is 0 Å². The summed E-state index contributed by atoms with van der Waals surface area (Å²) in [7, 11) is 0. The number of hydrogen-bond acceptors (Lipinski definition) is 1. The van der Waals surface area contributed by atoms with Crippen LogP contribution in [0.1, 0.15) is 53.4 Å². The molecule has 2 atom stereocenters. The van der Waals surface area contributed by atoms with Gasteiger partial charge in [0.1, 0.15) is 6.29 Å². The summed E-state index contributed by atoms with van der Waals surface area (Å²) in [5.74, 6) is 1.27. The Balaban J connectivity index is 2.84. The van der Waals surface area contributed by atoms with E-state index >= 15 is 0 Å². The van der Waals surface area contributed by atoms with Crippen molar-refractivity contribution in [3.63, 3.8) is 0 Å². The molecule has 1 rings (SSSR count). The zero-order valence-electron chi connectivity index (χ0n) is 10.8. The molecule has 2 unspecified atom stereocenters. The van der Waals surface area contributed by atoms with Crippen molar-refractivity contribution in [3.8, 4) is 0 Å². The number of hydrogen-bond donors (Lipinski definition) is 0. The Hall–Kier alpha value is -0.300. The monoisotopic (exact) mass is 242 g/mol. The molecule has 0 aromatic heterocycles. The molecular weight excluding hydrogens is 220 g/mol. The van der Waals surface area contributed by atoms with Crippen molar-refractivity contribution in [2.45, 2.75) is 53.4 Å². The zero-order chi connectivity index (χ0) is 12.3. The third-order valence-electron chi connectivity index (χ3n) is 4.20. The highest BCUT2D eigenvalue weighted by atomic mass is 35.5. The molecule has 0 bridgehead atoms. The van der Waals surface area contributed by atoms with E-state index in [1.54, 1.807) is 0 Å². The van der Waals surface area contributed by atoms with Gasteiger partial charge in [0, 0.05) is 10.6 Å². The molecule has 1 saturated carbocycles. The number of carbonyl (C=O) groups excluding carboxylic acids is 1. The second kappa shape index (κ2) is 5.35. The Morgan fingerprint density at radius 1 is 1.50 bits per heavy atom. The van der Waals surface area contributed by atoms with Crippen LogP contribution in [0.4, 0.5) is 0 Å². The number of carbonyl (C=O) groups is 1. The van der Waals surface area contributed by atoms with Crippen molar-refractivity contribution in [3.05, 3.63) is 10.6 Å². The maximum absolute atomic E-state index is 11.0. The molecular formula is C14H23ClO. The maximum atomic E-state index is 11.0. The standard InChI is InChI=1S/C14H23ClO/c1-10-6-5-7-14(3,4)13(10)8-12(9-16)11(2)15/h9-10,13H,5-8H2,1-4H3/b12-11+. The van der Waals surface area contributed by atoms with Crippen LogP contribution in [0.25, 0.3) is 0 Å². The van der Waals surface area contributed by atoms with Gasteiger partial charge in [0.25, 0.3) is 0 Å². The lowest BCUT2D eigenvalue weighted by Crippen LogP contribution is -2.34. The van der Waals surface area contributed by atoms with Crippen LogP contribution < -0.4 is 0 Å². The van der Waals surface area contributed by atoms with Crippen LogP contribution >= 0.6 is 11.6 Å². The predicted molar refractivity (Wildman–Crippen MR) is 69.5 cm³/mol. The second-order valence-corrected chi connectivity index (χ2v) is 6.41. The number of rotatable bonds is 3. The van der Waals surface area contributed by atoms with Gasteiger partial charge >= 0.3 is 0 Å². The molecule has 16 heavy (non-hydrogen) atoms. The molecule has 0 radical (unpaired) electrons. The normalized spacial score (nSPS) is 30.8. The van der Waals surface area contributed by atoms with Crippen LogP contribution in [-0.2, 0) is 4.79 Å². The maximum Gasteiger partial charge on any atom is 0.147 e. The van der Waals surface area contributed by atoms with Gasteiger partial charge in [0.2, 0.25) is 0 Å². The summed E-state index contributed by atoms with van der Waals surface area (Å²) in [4.78, 5) is 11.0. The van der Waals surface area contributed by atoms with Crippen molar-refractivity contribution < 1.29 is 4.79 Å². The topological polar surface area (TPSA) is 17.1 Å². The fourth-order valence-electron chi connectivity index (χ4n) is 3.02. The van der Waals surface area contributed by atoms with Crippen LogP contribution in [0.15, 0.2) is 10.6 Å². The molecule has 0 amide bonds. The SMILES string of the molecule is C/C(Cl)=C(\C=O)CC1C(C)CCCC1(C)C. The van der Waals surface area contributed by atoms with Crippen molar-refractivity contribution in [2.24, 2.45) is 17.3 Å². The Morgan fingerprint density at radius 2 is 2.12 bits per heavy atom. The first-order chi connectivity index (χ1) is 7.38. The molecule has 1 aliphatic carbocycles. The molecule has 1 fully saturated rings. The smallest absolute Gasteiger partial charge is 0.147 e. The third kappa shape index (κ3) is 3.10. The van der Waals surface area contributed by atoms with Crippen LogP contribution in [-0.4, -0.2) is 6.29 Å². The van der Waals surface area contributed by atoms with Crippen LogP contribution in [0.5, 0.6) is 0 Å². The summed E-state index contributed by atoms with van der Waals surface area (Å²) in [6.07, 6.45) is 5.62. The molecule has 1 aliphatic rings. The van der Waals surface area contributed by atoms with Crippen LogP contribution in [0.2, 0.25) is 0 Å². The van der Waals surface area contributed by atoms with Gasteiger partial charge in [-0.3, -0.25) is 4.79 Å². The van der Waals surface area contributed by atoms with Crippen LogP contribution in [0, 0.1) is 17.3 Å². The minimum atomic E-state index is 0.332. The van der Waals surface area contributed by atoms with Gasteiger partial charge in [-0.05, 0) is 37.0 Å². The van der Waals surface area contributed by atoms with Gasteiger partial charge in [-0.2, -0.15) is 0 Å². The Kier molecular flexibility index (Phi) is 4.61. The molecule has 0 aromatic rings. The van der Waals surface area contributed by atoms with Gasteiger partial charge in [-0.1, -0.05) is 45.2 Å². The van der Waals surface area contributed by atoms with E-state index in [0.29, 0.717) is 22.3 Å². The average Bonchev–Trinajstić information content (AvgIpc) is 2.16. The van der Waals surface area contributed by atoms with Gasteiger partial charge in [-0.25, -0.2) is 0 Å². The Morgan fingerprint density at radius 3 is 2.56 bits per heavy atom. The summed E-state index contributed by atoms with van der Waals surface area (Å²) >= 11 is 5.95. The Bertz CT molecular complexity index is 287. The van der Waals surface area contributed by atoms with E-state index in [9.17, 15) is 4.79 Å². The first-order valence-corrected chi connectivity index (χ1v) is 6.56. The van der Waals surface area contributed by atoms with Gasteiger partial charge in [-0.15, -0.1) is 0 Å². The lowest BCUT2D eigenvalue weighted by Gasteiger charge is -2.43. The lowest BCUT2D eigenvalue weighted by atomic mass is 9.62. The highest BCUT2D eigenvalue weighted by Crippen LogP contribution is 2.46. The second-order valence-electron chi connectivity index (χ2n) is 5.85. The third-order valence-corrected chi connectivity index (χ3v) is 4.44. The predicted octanol–water partition coefficient (Wildman–Crippen LogP) is 4.55. The quantitative estimate of drug-likeness (QED) is 0.524. The van der Waals surface area contributed by atoms with E-state index in [4.69, 9.17) is 11.6 Å². The van der Waals surface area contributed by atoms with Crippen molar-refractivity contribution in [1.82, 2.24) is 0 Å². The van der Waals surface area contributed by atoms with Crippen LogP contribution in [0.3, 0.4) is 0 Å². The summed E-state index contributed by atoms with van der Waals surface area (Å²) < 4.78 is 0. The van der Waals surface area contributed by atoms with E-state index in [0.717, 1.165) is 18.3 Å². The lowest BCUT2D eigenvalue weighted by molar-refractivity contribution is -0.105. The molecule has 0 aromatic carbocycles. The molecule has 0 saturated heterocycles. The fourth-order valence-corrected chi connectivity index (χ4v) is 3.14. The molecule has 0 heterocycles.